The summed E-state index contributed by atoms with van der Waals surface area (Å²) in [5.41, 5.74) is 6.16. The molecule has 36 heavy (non-hydrogen) atoms. The van der Waals surface area contributed by atoms with Crippen LogP contribution in [0.15, 0.2) is 36.4 Å². The van der Waals surface area contributed by atoms with Crippen LogP contribution in [0.4, 0.5) is 26.3 Å². The number of fused-ring (bicyclic) bond motifs is 1. The van der Waals surface area contributed by atoms with Gasteiger partial charge in [-0.25, -0.2) is 18.2 Å². The number of hydrogen-bond acceptors (Lipinski definition) is 4. The molecular weight excluding hydrogens is 488 g/mol. The van der Waals surface area contributed by atoms with Gasteiger partial charge < -0.3 is 15.2 Å². The first kappa shape index (κ1) is 25.2. The van der Waals surface area contributed by atoms with Gasteiger partial charge in [-0.1, -0.05) is 18.2 Å². The number of nitrogens with two attached hydrogens (primary N) is 1. The fourth-order valence-electron chi connectivity index (χ4n) is 4.23. The van der Waals surface area contributed by atoms with E-state index in [4.69, 9.17) is 5.73 Å². The highest BCUT2D eigenvalue weighted by molar-refractivity contribution is 5.78. The molecule has 188 valence electrons. The lowest BCUT2D eigenvalue weighted by atomic mass is 10.0. The Labute approximate surface area is 201 Å². The van der Waals surface area contributed by atoms with E-state index in [1.165, 1.54) is 17.0 Å². The van der Waals surface area contributed by atoms with Gasteiger partial charge in [0, 0.05) is 37.2 Å². The fraction of sp³-hybridized carbons (Fsp3) is 0.292. The van der Waals surface area contributed by atoms with Crippen LogP contribution in [-0.4, -0.2) is 32.9 Å². The molecule has 0 aliphatic carbocycles. The summed E-state index contributed by atoms with van der Waals surface area (Å²) in [6, 6.07) is 8.12. The number of hydrogen-bond donors (Lipinski definition) is 1. The molecule has 0 radical (unpaired) electrons. The van der Waals surface area contributed by atoms with Crippen molar-refractivity contribution in [3.8, 4) is 17.3 Å². The highest BCUT2D eigenvalue weighted by Crippen LogP contribution is 2.37. The summed E-state index contributed by atoms with van der Waals surface area (Å²) in [4.78, 5) is 18.0. The molecule has 0 unspecified atom stereocenters. The quantitative estimate of drug-likeness (QED) is 0.415. The van der Waals surface area contributed by atoms with Crippen LogP contribution in [0.2, 0.25) is 0 Å². The van der Waals surface area contributed by atoms with Crippen LogP contribution in [0, 0.1) is 28.8 Å². The van der Waals surface area contributed by atoms with E-state index in [-0.39, 0.29) is 60.6 Å². The molecule has 6 nitrogen and oxygen atoms in total. The summed E-state index contributed by atoms with van der Waals surface area (Å²) in [5.74, 6) is -5.24. The number of halogens is 6. The number of nitriles is 1. The minimum absolute atomic E-state index is 0.0508. The topological polar surface area (TPSA) is 87.9 Å². The molecule has 1 atom stereocenters. The molecule has 12 heteroatoms. The van der Waals surface area contributed by atoms with E-state index < -0.39 is 41.4 Å². The third-order valence-corrected chi connectivity index (χ3v) is 5.92. The van der Waals surface area contributed by atoms with Crippen molar-refractivity contribution in [3.63, 3.8) is 0 Å². The van der Waals surface area contributed by atoms with Gasteiger partial charge in [0.2, 0.25) is 11.7 Å². The van der Waals surface area contributed by atoms with E-state index in [9.17, 15) is 36.4 Å². The number of carbonyl (C=O) groups is 1. The summed E-state index contributed by atoms with van der Waals surface area (Å²) in [5, 5.41) is 9.41. The average molecular weight is 507 g/mol. The van der Waals surface area contributed by atoms with E-state index in [0.29, 0.717) is 12.1 Å². The van der Waals surface area contributed by atoms with Gasteiger partial charge in [0.15, 0.2) is 11.6 Å². The van der Waals surface area contributed by atoms with E-state index in [2.05, 4.69) is 4.98 Å². The molecule has 0 bridgehead atoms. The average Bonchev–Trinajstić information content (AvgIpc) is 3.21. The van der Waals surface area contributed by atoms with Gasteiger partial charge in [0.1, 0.15) is 5.82 Å². The lowest BCUT2D eigenvalue weighted by Gasteiger charge is -2.30. The van der Waals surface area contributed by atoms with Crippen LogP contribution in [0.25, 0.3) is 11.3 Å². The molecule has 1 aromatic heterocycles. The second kappa shape index (κ2) is 9.66. The Hall–Kier alpha value is -3.85. The van der Waals surface area contributed by atoms with E-state index in [1.807, 2.05) is 6.07 Å². The summed E-state index contributed by atoms with van der Waals surface area (Å²) in [6.07, 6.45) is -5.31. The Bertz CT molecular complexity index is 1360. The molecule has 4 rings (SSSR count). The number of alkyl halides is 3. The molecule has 0 spiro atoms. The van der Waals surface area contributed by atoms with Crippen LogP contribution in [0.3, 0.4) is 0 Å². The molecule has 2 heterocycles. The fourth-order valence-corrected chi connectivity index (χ4v) is 4.23. The monoisotopic (exact) mass is 507 g/mol. The number of rotatable bonds is 5. The number of aromatic nitrogens is 2. The van der Waals surface area contributed by atoms with Gasteiger partial charge in [-0.15, -0.1) is 0 Å². The zero-order valence-corrected chi connectivity index (χ0v) is 18.6. The Balaban J connectivity index is 1.58. The van der Waals surface area contributed by atoms with Crippen molar-refractivity contribution in [1.82, 2.24) is 14.5 Å². The number of amides is 1. The first-order valence-electron chi connectivity index (χ1n) is 10.8. The largest absolute Gasteiger partial charge is 0.449 e. The van der Waals surface area contributed by atoms with Gasteiger partial charge in [0.05, 0.1) is 29.6 Å². The van der Waals surface area contributed by atoms with Gasteiger partial charge >= 0.3 is 6.18 Å². The first-order chi connectivity index (χ1) is 17.0. The molecule has 1 amide bonds. The number of carbonyl (C=O) groups excluding carboxylic acids is 1. The van der Waals surface area contributed by atoms with Crippen LogP contribution < -0.4 is 5.73 Å². The van der Waals surface area contributed by atoms with Crippen molar-refractivity contribution in [2.24, 2.45) is 5.73 Å². The number of nitrogens with zero attached hydrogens (tertiary/aromatic N) is 4. The zero-order valence-electron chi connectivity index (χ0n) is 18.6. The van der Waals surface area contributed by atoms with Crippen molar-refractivity contribution >= 4 is 5.91 Å². The van der Waals surface area contributed by atoms with Crippen LogP contribution in [-0.2, 0) is 30.5 Å². The lowest BCUT2D eigenvalue weighted by molar-refractivity contribution is -0.148. The minimum atomic E-state index is -4.75. The maximum Gasteiger partial charge on any atom is 0.449 e. The van der Waals surface area contributed by atoms with Crippen LogP contribution >= 0.6 is 0 Å². The SMILES string of the molecule is N#Cc1ccccc1-c1nc(C(F)(F)F)n2c1CN(C(=O)C[C@H](N)Cc1cc(F)c(F)cc1F)CC2. The third-order valence-electron chi connectivity index (χ3n) is 5.92. The Morgan fingerprint density at radius 3 is 2.50 bits per heavy atom. The predicted molar refractivity (Wildman–Crippen MR) is 115 cm³/mol. The Morgan fingerprint density at radius 1 is 1.11 bits per heavy atom. The number of imidazole rings is 1. The second-order valence-electron chi connectivity index (χ2n) is 8.38. The van der Waals surface area contributed by atoms with Crippen LogP contribution in [0.5, 0.6) is 0 Å². The van der Waals surface area contributed by atoms with Gasteiger partial charge in [-0.3, -0.25) is 4.79 Å². The van der Waals surface area contributed by atoms with Crippen molar-refractivity contribution in [2.45, 2.75) is 38.1 Å². The van der Waals surface area contributed by atoms with Crippen molar-refractivity contribution in [1.29, 1.82) is 5.26 Å². The summed E-state index contributed by atoms with van der Waals surface area (Å²) < 4.78 is 82.6. The highest BCUT2D eigenvalue weighted by atomic mass is 19.4. The van der Waals surface area contributed by atoms with Gasteiger partial charge in [-0.05, 0) is 24.1 Å². The summed E-state index contributed by atoms with van der Waals surface area (Å²) in [6.45, 7) is -0.467. The maximum absolute atomic E-state index is 13.9. The second-order valence-corrected chi connectivity index (χ2v) is 8.38. The Morgan fingerprint density at radius 2 is 1.81 bits per heavy atom. The molecule has 0 fully saturated rings. The lowest BCUT2D eigenvalue weighted by Crippen LogP contribution is -2.42. The summed E-state index contributed by atoms with van der Waals surface area (Å²) >= 11 is 0. The first-order valence-corrected chi connectivity index (χ1v) is 10.8. The molecule has 1 aliphatic rings. The smallest absolute Gasteiger partial charge is 0.335 e. The molecule has 1 aliphatic heterocycles. The highest BCUT2D eigenvalue weighted by Gasteiger charge is 2.41. The standard InChI is InChI=1S/C24H19F6N5O/c25-17-10-19(27)18(26)8-14(17)7-15(32)9-21(36)34-5-6-35-20(12-34)22(33-23(35)24(28,29)30)16-4-2-1-3-13(16)11-31/h1-4,8,10,15H,5-7,9,12,32H2/t15-/m1/s1. The van der Waals surface area contributed by atoms with Crippen molar-refractivity contribution in [3.05, 3.63) is 76.5 Å². The van der Waals surface area contributed by atoms with E-state index in [0.717, 1.165) is 4.57 Å². The molecule has 0 saturated carbocycles. The molecule has 0 saturated heterocycles. The van der Waals surface area contributed by atoms with E-state index >= 15 is 0 Å². The zero-order chi connectivity index (χ0) is 26.2. The molecular formula is C24H19F6N5O. The minimum Gasteiger partial charge on any atom is -0.335 e. The molecule has 2 N–H and O–H groups in total. The van der Waals surface area contributed by atoms with Gasteiger partial charge in [-0.2, -0.15) is 18.4 Å². The predicted octanol–water partition coefficient (Wildman–Crippen LogP) is 4.16. The third kappa shape index (κ3) is 4.92. The van der Waals surface area contributed by atoms with Gasteiger partial charge in [0.25, 0.3) is 0 Å². The molecule has 3 aromatic rings. The van der Waals surface area contributed by atoms with Crippen molar-refractivity contribution in [2.75, 3.05) is 6.54 Å². The number of benzene rings is 2. The van der Waals surface area contributed by atoms with Crippen LogP contribution in [0.1, 0.15) is 29.1 Å². The van der Waals surface area contributed by atoms with Crippen molar-refractivity contribution < 1.29 is 31.1 Å². The van der Waals surface area contributed by atoms with E-state index in [1.54, 1.807) is 12.1 Å². The maximum atomic E-state index is 13.9. The molecule has 2 aromatic carbocycles. The summed E-state index contributed by atoms with van der Waals surface area (Å²) in [7, 11) is 0. The normalized spacial score (nSPS) is 14.3. The Kier molecular flexibility index (Phi) is 6.77.